The van der Waals surface area contributed by atoms with Crippen LogP contribution in [0.1, 0.15) is 19.3 Å². The molecule has 0 fully saturated rings. The van der Waals surface area contributed by atoms with Crippen molar-refractivity contribution < 1.29 is 4.74 Å². The van der Waals surface area contributed by atoms with E-state index in [0.717, 1.165) is 30.8 Å². The molecule has 1 atom stereocenters. The molecule has 1 aromatic rings. The van der Waals surface area contributed by atoms with Gasteiger partial charge < -0.3 is 10.5 Å². The largest absolute Gasteiger partial charge is 0.494 e. The number of hydrogen-bond acceptors (Lipinski definition) is 3. The number of thiol groups is 1. The van der Waals surface area contributed by atoms with Crippen molar-refractivity contribution in [3.8, 4) is 5.75 Å². The molecule has 18 heavy (non-hydrogen) atoms. The first-order valence-electron chi connectivity index (χ1n) is 5.57. The zero-order chi connectivity index (χ0) is 12.7. The van der Waals surface area contributed by atoms with Crippen LogP contribution in [0.3, 0.4) is 0 Å². The Morgan fingerprint density at radius 3 is 2.56 bits per heavy atom. The van der Waals surface area contributed by atoms with Crippen molar-refractivity contribution in [2.24, 2.45) is 5.73 Å². The van der Waals surface area contributed by atoms with Crippen LogP contribution in [0.2, 0.25) is 10.0 Å². The lowest BCUT2D eigenvalue weighted by atomic mass is 10.1. The van der Waals surface area contributed by atoms with Gasteiger partial charge in [0, 0.05) is 17.9 Å². The van der Waals surface area contributed by atoms with Gasteiger partial charge in [-0.15, -0.1) is 12.4 Å². The normalized spacial score (nSPS) is 11.8. The Hall–Kier alpha value is 0.200. The lowest BCUT2D eigenvalue weighted by Crippen LogP contribution is -2.21. The number of ether oxygens (including phenoxy) is 1. The molecule has 1 rings (SSSR count). The average Bonchev–Trinajstić information content (AvgIpc) is 2.33. The molecule has 0 saturated heterocycles. The maximum atomic E-state index is 5.88. The summed E-state index contributed by atoms with van der Waals surface area (Å²) in [4.78, 5) is 0. The van der Waals surface area contributed by atoms with Gasteiger partial charge in [0.1, 0.15) is 5.75 Å². The highest BCUT2D eigenvalue weighted by Gasteiger charge is 2.01. The fourth-order valence-electron chi connectivity index (χ4n) is 1.36. The average molecular weight is 331 g/mol. The molecule has 2 nitrogen and oxygen atoms in total. The van der Waals surface area contributed by atoms with Gasteiger partial charge >= 0.3 is 0 Å². The molecule has 0 aliphatic carbocycles. The summed E-state index contributed by atoms with van der Waals surface area (Å²) in [6, 6.07) is 5.45. The summed E-state index contributed by atoms with van der Waals surface area (Å²) in [5.74, 6) is 1.48. The van der Waals surface area contributed by atoms with Gasteiger partial charge in [0.05, 0.1) is 16.7 Å². The lowest BCUT2D eigenvalue weighted by molar-refractivity contribution is 0.304. The van der Waals surface area contributed by atoms with Gasteiger partial charge in [-0.2, -0.15) is 12.6 Å². The van der Waals surface area contributed by atoms with Crippen molar-refractivity contribution in [1.29, 1.82) is 0 Å². The van der Waals surface area contributed by atoms with E-state index in [1.54, 1.807) is 12.1 Å². The van der Waals surface area contributed by atoms with Gasteiger partial charge in [0.15, 0.2) is 0 Å². The van der Waals surface area contributed by atoms with E-state index in [4.69, 9.17) is 33.7 Å². The molecular weight excluding hydrogens is 313 g/mol. The monoisotopic (exact) mass is 329 g/mol. The molecule has 0 amide bonds. The zero-order valence-corrected chi connectivity index (χ0v) is 13.2. The van der Waals surface area contributed by atoms with Crippen LogP contribution >= 0.6 is 48.2 Å². The summed E-state index contributed by atoms with van der Waals surface area (Å²) in [6.07, 6.45) is 3.00. The van der Waals surface area contributed by atoms with E-state index in [1.807, 2.05) is 6.07 Å². The first kappa shape index (κ1) is 18.2. The predicted octanol–water partition coefficient (Wildman–Crippen LogP) is 4.22. The number of hydrogen-bond donors (Lipinski definition) is 2. The second-order valence-electron chi connectivity index (χ2n) is 3.86. The maximum Gasteiger partial charge on any atom is 0.120 e. The fourth-order valence-corrected chi connectivity index (χ4v) is 1.83. The van der Waals surface area contributed by atoms with E-state index in [1.165, 1.54) is 0 Å². The first-order valence-corrected chi connectivity index (χ1v) is 6.96. The SMILES string of the molecule is Cl.N[C@@H](CS)CCCCOc1ccc(Cl)c(Cl)c1. The number of unbranched alkanes of at least 4 members (excludes halogenated alkanes) is 1. The minimum absolute atomic E-state index is 0. The van der Waals surface area contributed by atoms with E-state index in [9.17, 15) is 0 Å². The standard InChI is InChI=1S/C12H17Cl2NOS.ClH/c13-11-5-4-10(7-12(11)14)16-6-2-1-3-9(15)8-17;/h4-5,7,9,17H,1-3,6,8,15H2;1H/t9-;/m1./s1. The van der Waals surface area contributed by atoms with E-state index in [2.05, 4.69) is 12.6 Å². The highest BCUT2D eigenvalue weighted by Crippen LogP contribution is 2.26. The number of halogens is 3. The Bertz CT molecular complexity index is 352. The van der Waals surface area contributed by atoms with E-state index in [0.29, 0.717) is 16.7 Å². The van der Waals surface area contributed by atoms with Crippen molar-refractivity contribution in [2.45, 2.75) is 25.3 Å². The van der Waals surface area contributed by atoms with Gasteiger partial charge in [-0.3, -0.25) is 0 Å². The summed E-state index contributed by atoms with van der Waals surface area (Å²) in [6.45, 7) is 0.664. The molecule has 0 aromatic heterocycles. The third-order valence-corrected chi connectivity index (χ3v) is 3.57. The third kappa shape index (κ3) is 6.95. The van der Waals surface area contributed by atoms with E-state index in [-0.39, 0.29) is 18.4 Å². The molecule has 0 aliphatic heterocycles. The summed E-state index contributed by atoms with van der Waals surface area (Å²) in [7, 11) is 0. The molecule has 6 heteroatoms. The van der Waals surface area contributed by atoms with Crippen LogP contribution in [0.4, 0.5) is 0 Å². The summed E-state index contributed by atoms with van der Waals surface area (Å²) < 4.78 is 5.55. The maximum absolute atomic E-state index is 5.88. The molecular formula is C12H18Cl3NOS. The molecule has 104 valence electrons. The van der Waals surface area contributed by atoms with E-state index < -0.39 is 0 Å². The molecule has 0 bridgehead atoms. The summed E-state index contributed by atoms with van der Waals surface area (Å²) in [5.41, 5.74) is 5.75. The lowest BCUT2D eigenvalue weighted by Gasteiger charge is -2.09. The van der Waals surface area contributed by atoms with Gasteiger partial charge in [0.2, 0.25) is 0 Å². The molecule has 0 aliphatic rings. The van der Waals surface area contributed by atoms with Crippen molar-refractivity contribution in [1.82, 2.24) is 0 Å². The number of rotatable bonds is 7. The van der Waals surface area contributed by atoms with Crippen molar-refractivity contribution in [2.75, 3.05) is 12.4 Å². The summed E-state index contributed by atoms with van der Waals surface area (Å²) in [5, 5.41) is 1.06. The van der Waals surface area contributed by atoms with Gasteiger partial charge in [-0.05, 0) is 31.4 Å². The molecule has 0 unspecified atom stereocenters. The highest BCUT2D eigenvalue weighted by atomic mass is 35.5. The highest BCUT2D eigenvalue weighted by molar-refractivity contribution is 7.80. The van der Waals surface area contributed by atoms with Crippen LogP contribution in [0.25, 0.3) is 0 Å². The Morgan fingerprint density at radius 2 is 1.94 bits per heavy atom. The van der Waals surface area contributed by atoms with Gasteiger partial charge in [0.25, 0.3) is 0 Å². The van der Waals surface area contributed by atoms with Crippen LogP contribution in [0, 0.1) is 0 Å². The zero-order valence-electron chi connectivity index (χ0n) is 9.94. The summed E-state index contributed by atoms with van der Waals surface area (Å²) >= 11 is 15.8. The molecule has 1 aromatic carbocycles. The minimum atomic E-state index is 0. The fraction of sp³-hybridized carbons (Fsp3) is 0.500. The smallest absolute Gasteiger partial charge is 0.120 e. The van der Waals surface area contributed by atoms with Crippen LogP contribution < -0.4 is 10.5 Å². The van der Waals surface area contributed by atoms with Gasteiger partial charge in [-0.25, -0.2) is 0 Å². The first-order chi connectivity index (χ1) is 8.13. The molecule has 0 saturated carbocycles. The number of benzene rings is 1. The van der Waals surface area contributed by atoms with Crippen LogP contribution in [0.5, 0.6) is 5.75 Å². The topological polar surface area (TPSA) is 35.2 Å². The van der Waals surface area contributed by atoms with Crippen LogP contribution in [-0.2, 0) is 0 Å². The molecule has 0 radical (unpaired) electrons. The Morgan fingerprint density at radius 1 is 1.22 bits per heavy atom. The quantitative estimate of drug-likeness (QED) is 0.580. The third-order valence-electron chi connectivity index (χ3n) is 2.36. The predicted molar refractivity (Wildman–Crippen MR) is 84.9 cm³/mol. The van der Waals surface area contributed by atoms with Crippen molar-refractivity contribution in [3.05, 3.63) is 28.2 Å². The molecule has 0 heterocycles. The van der Waals surface area contributed by atoms with Crippen molar-refractivity contribution in [3.63, 3.8) is 0 Å². The van der Waals surface area contributed by atoms with Crippen LogP contribution in [-0.4, -0.2) is 18.4 Å². The van der Waals surface area contributed by atoms with Gasteiger partial charge in [-0.1, -0.05) is 23.2 Å². The Kier molecular flexibility index (Phi) is 10.2. The second kappa shape index (κ2) is 10.0. The molecule has 2 N–H and O–H groups in total. The molecule has 0 spiro atoms. The van der Waals surface area contributed by atoms with Crippen molar-refractivity contribution >= 4 is 48.2 Å². The van der Waals surface area contributed by atoms with E-state index >= 15 is 0 Å². The Labute approximate surface area is 130 Å². The number of nitrogens with two attached hydrogens (primary N) is 1. The minimum Gasteiger partial charge on any atom is -0.494 e. The van der Waals surface area contributed by atoms with Crippen LogP contribution in [0.15, 0.2) is 18.2 Å². The Balaban J connectivity index is 0.00000289. The second-order valence-corrected chi connectivity index (χ2v) is 5.04.